The number of benzene rings is 3. The van der Waals surface area contributed by atoms with E-state index in [-0.39, 0.29) is 11.8 Å². The van der Waals surface area contributed by atoms with Gasteiger partial charge in [0.25, 0.3) is 0 Å². The number of allylic oxidation sites excluding steroid dienone is 1. The Morgan fingerprint density at radius 3 is 1.75 bits per heavy atom. The number of ether oxygens (including phenoxy) is 3. The molecule has 3 rings (SSSR count). The molecule has 0 saturated carbocycles. The van der Waals surface area contributed by atoms with Crippen LogP contribution in [0.3, 0.4) is 0 Å². The van der Waals surface area contributed by atoms with Gasteiger partial charge in [-0.15, -0.1) is 0 Å². The van der Waals surface area contributed by atoms with Crippen LogP contribution in [-0.2, 0) is 25.8 Å². The van der Waals surface area contributed by atoms with Crippen LogP contribution in [-0.4, -0.2) is 31.6 Å². The number of carbonyl (C=O) groups is 2. The van der Waals surface area contributed by atoms with E-state index in [1.807, 2.05) is 72.8 Å². The fourth-order valence-electron chi connectivity index (χ4n) is 4.30. The molecule has 7 heteroatoms. The van der Waals surface area contributed by atoms with Gasteiger partial charge in [0.2, 0.25) is 0 Å². The fourth-order valence-corrected chi connectivity index (χ4v) is 4.30. The van der Waals surface area contributed by atoms with Crippen molar-refractivity contribution in [2.75, 3.05) is 19.8 Å². The van der Waals surface area contributed by atoms with E-state index in [2.05, 4.69) is 13.2 Å². The second-order valence-corrected chi connectivity index (χ2v) is 10.4. The molecule has 0 N–H and O–H groups in total. The summed E-state index contributed by atoms with van der Waals surface area (Å²) in [6, 6.07) is 23.7. The number of hydrogen-bond donors (Lipinski definition) is 0. The summed E-state index contributed by atoms with van der Waals surface area (Å²) in [5.74, 6) is 2.03. The van der Waals surface area contributed by atoms with E-state index >= 15 is 0 Å². The SMILES string of the molecule is C=CC(=O)CCCCCCOOc1ccc(-c2ccc(OCc3ccc(OCCCCCCOC(=O)C=C)cc3)cc2)cc1. The number of hydrogen-bond acceptors (Lipinski definition) is 7. The number of esters is 1. The smallest absolute Gasteiger partial charge is 0.330 e. The molecule has 0 spiro atoms. The molecule has 3 aromatic rings. The Morgan fingerprint density at radius 1 is 0.568 bits per heavy atom. The molecule has 0 bridgehead atoms. The molecule has 0 aliphatic rings. The van der Waals surface area contributed by atoms with Crippen molar-refractivity contribution in [2.45, 2.75) is 64.4 Å². The number of carbonyl (C=O) groups excluding carboxylic acids is 2. The zero-order valence-electron chi connectivity index (χ0n) is 25.5. The first-order chi connectivity index (χ1) is 21.6. The Kier molecular flexibility index (Phi) is 15.9. The van der Waals surface area contributed by atoms with Crippen LogP contribution >= 0.6 is 0 Å². The molecular weight excluding hydrogens is 556 g/mol. The second-order valence-electron chi connectivity index (χ2n) is 10.4. The highest BCUT2D eigenvalue weighted by molar-refractivity contribution is 5.88. The predicted octanol–water partition coefficient (Wildman–Crippen LogP) is 8.62. The maximum absolute atomic E-state index is 11.2. The lowest BCUT2D eigenvalue weighted by Gasteiger charge is -2.10. The number of unbranched alkanes of at least 4 members (excludes halogenated alkanes) is 6. The topological polar surface area (TPSA) is 80.3 Å². The van der Waals surface area contributed by atoms with E-state index in [9.17, 15) is 9.59 Å². The summed E-state index contributed by atoms with van der Waals surface area (Å²) in [6.45, 7) is 8.94. The Morgan fingerprint density at radius 2 is 1.11 bits per heavy atom. The largest absolute Gasteiger partial charge is 0.494 e. The molecular formula is C37H44O7. The van der Waals surface area contributed by atoms with Crippen molar-refractivity contribution < 1.29 is 33.6 Å². The summed E-state index contributed by atoms with van der Waals surface area (Å²) >= 11 is 0. The first-order valence-corrected chi connectivity index (χ1v) is 15.4. The highest BCUT2D eigenvalue weighted by Crippen LogP contribution is 2.25. The maximum Gasteiger partial charge on any atom is 0.330 e. The maximum atomic E-state index is 11.2. The zero-order valence-corrected chi connectivity index (χ0v) is 25.5. The average molecular weight is 601 g/mol. The summed E-state index contributed by atoms with van der Waals surface area (Å²) in [4.78, 5) is 32.9. The Bertz CT molecular complexity index is 1260. The average Bonchev–Trinajstić information content (AvgIpc) is 3.07. The third-order valence-corrected chi connectivity index (χ3v) is 6.87. The molecule has 0 unspecified atom stereocenters. The van der Waals surface area contributed by atoms with Crippen LogP contribution in [0.25, 0.3) is 11.1 Å². The van der Waals surface area contributed by atoms with E-state index in [1.165, 1.54) is 12.2 Å². The fraction of sp³-hybridized carbons (Fsp3) is 0.351. The van der Waals surface area contributed by atoms with E-state index in [0.717, 1.165) is 79.6 Å². The van der Waals surface area contributed by atoms with Crippen molar-refractivity contribution >= 4 is 11.8 Å². The molecule has 7 nitrogen and oxygen atoms in total. The lowest BCUT2D eigenvalue weighted by molar-refractivity contribution is -0.207. The Balaban J connectivity index is 1.28. The highest BCUT2D eigenvalue weighted by atomic mass is 17.2. The highest BCUT2D eigenvalue weighted by Gasteiger charge is 2.03. The van der Waals surface area contributed by atoms with Gasteiger partial charge in [0.05, 0.1) is 19.8 Å². The van der Waals surface area contributed by atoms with Gasteiger partial charge in [0.15, 0.2) is 11.5 Å². The van der Waals surface area contributed by atoms with Gasteiger partial charge < -0.3 is 19.1 Å². The molecule has 44 heavy (non-hydrogen) atoms. The van der Waals surface area contributed by atoms with Crippen LogP contribution in [0.5, 0.6) is 17.2 Å². The first-order valence-electron chi connectivity index (χ1n) is 15.4. The minimum absolute atomic E-state index is 0.102. The lowest BCUT2D eigenvalue weighted by atomic mass is 10.1. The standard InChI is InChI=1S/C37H44O7/c1-3-33(38)13-9-5-6-12-28-43-44-36-24-18-32(19-25-36)31-16-22-35(23-17-31)42-29-30-14-20-34(21-15-30)40-26-10-7-8-11-27-41-37(39)4-2/h3-4,14-25H,1-2,5-13,26-29H2. The van der Waals surface area contributed by atoms with Crippen molar-refractivity contribution in [1.29, 1.82) is 0 Å². The second kappa shape index (κ2) is 20.5. The predicted molar refractivity (Wildman–Crippen MR) is 173 cm³/mol. The summed E-state index contributed by atoms with van der Waals surface area (Å²) in [5, 5.41) is 0. The minimum Gasteiger partial charge on any atom is -0.494 e. The van der Waals surface area contributed by atoms with Crippen LogP contribution in [0, 0.1) is 0 Å². The minimum atomic E-state index is -0.369. The van der Waals surface area contributed by atoms with E-state index < -0.39 is 0 Å². The van der Waals surface area contributed by atoms with Gasteiger partial charge in [0.1, 0.15) is 18.1 Å². The van der Waals surface area contributed by atoms with E-state index in [0.29, 0.717) is 38.6 Å². The van der Waals surface area contributed by atoms with Crippen molar-refractivity contribution in [3.63, 3.8) is 0 Å². The Hall–Kier alpha value is -4.36. The summed E-state index contributed by atoms with van der Waals surface area (Å²) in [6.07, 6.45) is 10.7. The van der Waals surface area contributed by atoms with Gasteiger partial charge in [-0.05, 0) is 97.7 Å². The van der Waals surface area contributed by atoms with Crippen LogP contribution < -0.4 is 14.4 Å². The van der Waals surface area contributed by atoms with Gasteiger partial charge in [-0.1, -0.05) is 62.4 Å². The van der Waals surface area contributed by atoms with Crippen LogP contribution in [0.1, 0.15) is 63.4 Å². The lowest BCUT2D eigenvalue weighted by Crippen LogP contribution is -2.02. The van der Waals surface area contributed by atoms with Crippen LogP contribution in [0.2, 0.25) is 0 Å². The van der Waals surface area contributed by atoms with Gasteiger partial charge in [-0.25, -0.2) is 4.79 Å². The van der Waals surface area contributed by atoms with E-state index in [4.69, 9.17) is 24.0 Å². The van der Waals surface area contributed by atoms with Crippen LogP contribution in [0.15, 0.2) is 98.1 Å². The van der Waals surface area contributed by atoms with Crippen molar-refractivity contribution in [3.8, 4) is 28.4 Å². The molecule has 0 aliphatic carbocycles. The Labute approximate surface area is 261 Å². The summed E-state index contributed by atoms with van der Waals surface area (Å²) in [7, 11) is 0. The third-order valence-electron chi connectivity index (χ3n) is 6.87. The molecule has 0 amide bonds. The number of ketones is 1. The molecule has 0 heterocycles. The van der Waals surface area contributed by atoms with Crippen molar-refractivity contribution in [2.24, 2.45) is 0 Å². The molecule has 234 valence electrons. The quantitative estimate of drug-likeness (QED) is 0.0354. The van der Waals surface area contributed by atoms with Gasteiger partial charge in [-0.3, -0.25) is 4.79 Å². The van der Waals surface area contributed by atoms with E-state index in [1.54, 1.807) is 0 Å². The molecule has 0 radical (unpaired) electrons. The zero-order chi connectivity index (χ0) is 31.2. The monoisotopic (exact) mass is 600 g/mol. The molecule has 0 aliphatic heterocycles. The van der Waals surface area contributed by atoms with Gasteiger partial charge >= 0.3 is 5.97 Å². The molecule has 0 aromatic heterocycles. The molecule has 0 saturated heterocycles. The van der Waals surface area contributed by atoms with Gasteiger partial charge in [0, 0.05) is 12.5 Å². The number of rotatable bonds is 23. The van der Waals surface area contributed by atoms with Crippen molar-refractivity contribution in [1.82, 2.24) is 0 Å². The van der Waals surface area contributed by atoms with Crippen LogP contribution in [0.4, 0.5) is 0 Å². The molecule has 0 fully saturated rings. The molecule has 0 atom stereocenters. The van der Waals surface area contributed by atoms with Crippen molar-refractivity contribution in [3.05, 3.63) is 104 Å². The first kappa shape index (κ1) is 34.1. The molecule has 3 aromatic carbocycles. The normalized spacial score (nSPS) is 10.5. The third kappa shape index (κ3) is 13.7. The van der Waals surface area contributed by atoms with Gasteiger partial charge in [-0.2, -0.15) is 4.89 Å². The summed E-state index contributed by atoms with van der Waals surface area (Å²) in [5.41, 5.74) is 3.22. The summed E-state index contributed by atoms with van der Waals surface area (Å²) < 4.78 is 16.8.